The molecule has 0 atom stereocenters. The van der Waals surface area contributed by atoms with Crippen LogP contribution in [0.5, 0.6) is 0 Å². The fourth-order valence-electron chi connectivity index (χ4n) is 1.92. The monoisotopic (exact) mass is 240 g/mol. The number of aromatic amines is 1. The molecule has 2 heterocycles. The molecule has 0 bridgehead atoms. The van der Waals surface area contributed by atoms with Gasteiger partial charge in [-0.05, 0) is 31.5 Å². The molecule has 0 aliphatic carbocycles. The maximum atomic E-state index is 12.2. The van der Waals surface area contributed by atoms with Gasteiger partial charge in [-0.1, -0.05) is 18.2 Å². The van der Waals surface area contributed by atoms with E-state index in [1.807, 2.05) is 44.2 Å². The molecule has 5 nitrogen and oxygen atoms in total. The molecule has 3 aromatic rings. The van der Waals surface area contributed by atoms with Gasteiger partial charge in [-0.2, -0.15) is 5.10 Å². The summed E-state index contributed by atoms with van der Waals surface area (Å²) in [4.78, 5) is 12.2. The van der Waals surface area contributed by atoms with Crippen molar-refractivity contribution in [3.63, 3.8) is 0 Å². The number of para-hydroxylation sites is 1. The first-order chi connectivity index (χ1) is 8.68. The fraction of sp³-hybridized carbons (Fsp3) is 0.154. The van der Waals surface area contributed by atoms with Crippen molar-refractivity contribution in [3.8, 4) is 5.69 Å². The van der Waals surface area contributed by atoms with Gasteiger partial charge in [0.1, 0.15) is 0 Å². The number of hydrogen-bond donors (Lipinski definition) is 1. The maximum absolute atomic E-state index is 12.2. The van der Waals surface area contributed by atoms with Crippen molar-refractivity contribution in [2.45, 2.75) is 13.8 Å². The zero-order valence-corrected chi connectivity index (χ0v) is 10.1. The average Bonchev–Trinajstić information content (AvgIpc) is 2.73. The van der Waals surface area contributed by atoms with Crippen LogP contribution in [-0.4, -0.2) is 20.0 Å². The Morgan fingerprint density at radius 1 is 1.11 bits per heavy atom. The van der Waals surface area contributed by atoms with Crippen LogP contribution in [0.15, 0.2) is 35.1 Å². The lowest BCUT2D eigenvalue weighted by molar-refractivity contribution is 0.862. The molecule has 0 unspecified atom stereocenters. The number of H-pyrrole nitrogens is 1. The molecule has 18 heavy (non-hydrogen) atoms. The Hall–Kier alpha value is -2.43. The van der Waals surface area contributed by atoms with Gasteiger partial charge in [0.2, 0.25) is 0 Å². The van der Waals surface area contributed by atoms with Crippen molar-refractivity contribution in [3.05, 3.63) is 51.9 Å². The minimum absolute atomic E-state index is 0.174. The largest absolute Gasteiger partial charge is 0.299 e. The summed E-state index contributed by atoms with van der Waals surface area (Å²) >= 11 is 0. The van der Waals surface area contributed by atoms with Crippen molar-refractivity contribution >= 4 is 11.0 Å². The molecule has 0 aliphatic rings. The Kier molecular flexibility index (Phi) is 2.26. The lowest BCUT2D eigenvalue weighted by atomic mass is 10.2. The van der Waals surface area contributed by atoms with Gasteiger partial charge in [-0.15, -0.1) is 5.10 Å². The van der Waals surface area contributed by atoms with Gasteiger partial charge in [0.25, 0.3) is 5.56 Å². The Bertz CT molecular complexity index is 771. The predicted octanol–water partition coefficient (Wildman–Crippen LogP) is 1.73. The second-order valence-corrected chi connectivity index (χ2v) is 4.22. The second kappa shape index (κ2) is 3.80. The number of aromatic nitrogens is 4. The average molecular weight is 240 g/mol. The van der Waals surface area contributed by atoms with Crippen LogP contribution in [0.3, 0.4) is 0 Å². The van der Waals surface area contributed by atoms with E-state index in [4.69, 9.17) is 0 Å². The highest BCUT2D eigenvalue weighted by Crippen LogP contribution is 2.14. The fourth-order valence-corrected chi connectivity index (χ4v) is 1.92. The highest BCUT2D eigenvalue weighted by molar-refractivity contribution is 5.77. The Labute approximate surface area is 103 Å². The molecule has 5 heteroatoms. The molecule has 0 aliphatic heterocycles. The van der Waals surface area contributed by atoms with Crippen molar-refractivity contribution in [2.24, 2.45) is 0 Å². The Morgan fingerprint density at radius 2 is 1.83 bits per heavy atom. The number of aryl methyl sites for hydroxylation is 2. The van der Waals surface area contributed by atoms with Gasteiger partial charge in [-0.3, -0.25) is 9.89 Å². The third kappa shape index (κ3) is 1.44. The Morgan fingerprint density at radius 3 is 2.56 bits per heavy atom. The number of nitrogens with one attached hydrogen (secondary N) is 1. The number of fused-ring (bicyclic) bond motifs is 1. The third-order valence-electron chi connectivity index (χ3n) is 3.10. The van der Waals surface area contributed by atoms with Crippen molar-refractivity contribution < 1.29 is 0 Å². The summed E-state index contributed by atoms with van der Waals surface area (Å²) in [5, 5.41) is 11.1. The topological polar surface area (TPSA) is 63.6 Å². The molecule has 3 rings (SSSR count). The molecular formula is C13H12N4O. The maximum Gasteiger partial charge on any atom is 0.299 e. The summed E-state index contributed by atoms with van der Waals surface area (Å²) in [6.07, 6.45) is 0. The van der Waals surface area contributed by atoms with E-state index in [0.717, 1.165) is 22.5 Å². The van der Waals surface area contributed by atoms with E-state index in [1.165, 1.54) is 4.68 Å². The van der Waals surface area contributed by atoms with E-state index in [0.29, 0.717) is 5.52 Å². The molecule has 0 saturated heterocycles. The van der Waals surface area contributed by atoms with Crippen LogP contribution in [0.2, 0.25) is 0 Å². The van der Waals surface area contributed by atoms with E-state index < -0.39 is 0 Å². The molecule has 0 amide bonds. The molecule has 1 aromatic carbocycles. The smallest absolute Gasteiger partial charge is 0.288 e. The number of nitrogens with zero attached hydrogens (tertiary/aromatic N) is 3. The van der Waals surface area contributed by atoms with Gasteiger partial charge >= 0.3 is 0 Å². The summed E-state index contributed by atoms with van der Waals surface area (Å²) in [5.41, 5.74) is 3.51. The zero-order chi connectivity index (χ0) is 12.7. The zero-order valence-electron chi connectivity index (χ0n) is 10.1. The molecule has 1 N–H and O–H groups in total. The van der Waals surface area contributed by atoms with Crippen LogP contribution in [0, 0.1) is 13.8 Å². The predicted molar refractivity (Wildman–Crippen MR) is 69.0 cm³/mol. The summed E-state index contributed by atoms with van der Waals surface area (Å²) in [7, 11) is 0. The number of benzene rings is 1. The summed E-state index contributed by atoms with van der Waals surface area (Å²) in [6.45, 7) is 3.80. The lowest BCUT2D eigenvalue weighted by Gasteiger charge is -2.00. The number of rotatable bonds is 1. The van der Waals surface area contributed by atoms with Gasteiger partial charge < -0.3 is 0 Å². The van der Waals surface area contributed by atoms with Crippen LogP contribution < -0.4 is 5.56 Å². The minimum Gasteiger partial charge on any atom is -0.288 e. The molecular weight excluding hydrogens is 228 g/mol. The van der Waals surface area contributed by atoms with Crippen molar-refractivity contribution in [1.82, 2.24) is 20.0 Å². The highest BCUT2D eigenvalue weighted by atomic mass is 16.1. The number of hydrogen-bond acceptors (Lipinski definition) is 3. The van der Waals surface area contributed by atoms with Crippen LogP contribution in [-0.2, 0) is 0 Å². The lowest BCUT2D eigenvalue weighted by Crippen LogP contribution is -2.14. The molecule has 0 saturated carbocycles. The first-order valence-electron chi connectivity index (χ1n) is 5.68. The SMILES string of the molecule is Cc1nnc2c(=O)n(-c3ccccc3)[nH]c2c1C. The van der Waals surface area contributed by atoms with Crippen LogP contribution in [0.1, 0.15) is 11.3 Å². The van der Waals surface area contributed by atoms with Gasteiger partial charge in [0.15, 0.2) is 5.52 Å². The van der Waals surface area contributed by atoms with Crippen molar-refractivity contribution in [2.75, 3.05) is 0 Å². The normalized spacial score (nSPS) is 11.0. The van der Waals surface area contributed by atoms with Crippen LogP contribution in [0.25, 0.3) is 16.7 Å². The van der Waals surface area contributed by atoms with Crippen molar-refractivity contribution in [1.29, 1.82) is 0 Å². The molecule has 2 aromatic heterocycles. The molecule has 0 spiro atoms. The second-order valence-electron chi connectivity index (χ2n) is 4.22. The van der Waals surface area contributed by atoms with Gasteiger partial charge in [0, 0.05) is 0 Å². The standard InChI is InChI=1S/C13H12N4O/c1-8-9(2)14-15-12-11(8)16-17(13(12)18)10-6-4-3-5-7-10/h3-7,16H,1-2H3. The van der Waals surface area contributed by atoms with E-state index in [9.17, 15) is 4.79 Å². The Balaban J connectivity index is 2.37. The molecule has 0 fully saturated rings. The first-order valence-corrected chi connectivity index (χ1v) is 5.68. The van der Waals surface area contributed by atoms with Gasteiger partial charge in [0.05, 0.1) is 16.9 Å². The quantitative estimate of drug-likeness (QED) is 0.704. The molecule has 90 valence electrons. The summed E-state index contributed by atoms with van der Waals surface area (Å²) < 4.78 is 1.49. The van der Waals surface area contributed by atoms with E-state index in [2.05, 4.69) is 15.3 Å². The van der Waals surface area contributed by atoms with E-state index >= 15 is 0 Å². The minimum atomic E-state index is -0.174. The summed E-state index contributed by atoms with van der Waals surface area (Å²) in [5.74, 6) is 0. The highest BCUT2D eigenvalue weighted by Gasteiger charge is 2.13. The first kappa shape index (κ1) is 10.7. The van der Waals surface area contributed by atoms with Crippen LogP contribution >= 0.6 is 0 Å². The van der Waals surface area contributed by atoms with E-state index in [-0.39, 0.29) is 5.56 Å². The van der Waals surface area contributed by atoms with E-state index in [1.54, 1.807) is 0 Å². The van der Waals surface area contributed by atoms with Gasteiger partial charge in [-0.25, -0.2) is 4.68 Å². The molecule has 0 radical (unpaired) electrons. The third-order valence-corrected chi connectivity index (χ3v) is 3.10. The van der Waals surface area contributed by atoms with Crippen LogP contribution in [0.4, 0.5) is 0 Å². The summed E-state index contributed by atoms with van der Waals surface area (Å²) in [6, 6.07) is 9.42.